The van der Waals surface area contributed by atoms with Crippen LogP contribution in [0, 0.1) is 6.92 Å². The van der Waals surface area contributed by atoms with E-state index in [9.17, 15) is 4.79 Å². The molecule has 10 heteroatoms. The smallest absolute Gasteiger partial charge is 0.252 e. The van der Waals surface area contributed by atoms with Crippen LogP contribution in [0.15, 0.2) is 47.3 Å². The van der Waals surface area contributed by atoms with Gasteiger partial charge in [0.15, 0.2) is 9.99 Å². The molecular weight excluding hydrogens is 394 g/mol. The van der Waals surface area contributed by atoms with Crippen LogP contribution < -0.4 is 5.32 Å². The summed E-state index contributed by atoms with van der Waals surface area (Å²) < 4.78 is 2.83. The third-order valence-corrected chi connectivity index (χ3v) is 5.87. The molecule has 0 aromatic carbocycles. The molecular formula is C18H17N7OS2. The fourth-order valence-electron chi connectivity index (χ4n) is 2.60. The van der Waals surface area contributed by atoms with E-state index in [0.29, 0.717) is 24.2 Å². The number of hydrogen-bond donors (Lipinski definition) is 1. The summed E-state index contributed by atoms with van der Waals surface area (Å²) in [4.78, 5) is 25.5. The van der Waals surface area contributed by atoms with E-state index in [2.05, 4.69) is 30.5 Å². The molecule has 0 fully saturated rings. The minimum atomic E-state index is -0.164. The Morgan fingerprint density at radius 2 is 2.18 bits per heavy atom. The molecule has 0 bridgehead atoms. The van der Waals surface area contributed by atoms with E-state index < -0.39 is 0 Å². The summed E-state index contributed by atoms with van der Waals surface area (Å²) in [6, 6.07) is 7.54. The van der Waals surface area contributed by atoms with Crippen LogP contribution in [0.4, 0.5) is 0 Å². The number of fused-ring (bicyclic) bond motifs is 1. The SMILES string of the molecule is Cc1nnc(SCCNC(=O)c2cnc3c(c2)ncn3Cc2ccccn2)s1. The van der Waals surface area contributed by atoms with Gasteiger partial charge >= 0.3 is 0 Å². The van der Waals surface area contributed by atoms with Crippen molar-refractivity contribution < 1.29 is 4.79 Å². The highest BCUT2D eigenvalue weighted by Crippen LogP contribution is 2.21. The summed E-state index contributed by atoms with van der Waals surface area (Å²) in [6.45, 7) is 3.04. The summed E-state index contributed by atoms with van der Waals surface area (Å²) in [5, 5.41) is 11.9. The number of aryl methyl sites for hydroxylation is 1. The highest BCUT2D eigenvalue weighted by atomic mass is 32.2. The quantitative estimate of drug-likeness (QED) is 0.369. The van der Waals surface area contributed by atoms with E-state index in [1.54, 1.807) is 47.9 Å². The van der Waals surface area contributed by atoms with Crippen molar-refractivity contribution >= 4 is 40.2 Å². The Morgan fingerprint density at radius 3 is 2.96 bits per heavy atom. The number of nitrogens with one attached hydrogen (secondary N) is 1. The Hall–Kier alpha value is -2.85. The predicted octanol–water partition coefficient (Wildman–Crippen LogP) is 2.56. The van der Waals surface area contributed by atoms with Crippen LogP contribution in [0.3, 0.4) is 0 Å². The van der Waals surface area contributed by atoms with Crippen LogP contribution in [-0.4, -0.2) is 47.9 Å². The molecule has 0 aliphatic rings. The van der Waals surface area contributed by atoms with Gasteiger partial charge in [0.25, 0.3) is 5.91 Å². The number of pyridine rings is 2. The maximum Gasteiger partial charge on any atom is 0.252 e. The number of imidazole rings is 1. The fourth-order valence-corrected chi connectivity index (χ4v) is 4.34. The highest BCUT2D eigenvalue weighted by molar-refractivity contribution is 8.01. The third-order valence-electron chi connectivity index (χ3n) is 3.90. The molecule has 28 heavy (non-hydrogen) atoms. The first-order chi connectivity index (χ1) is 13.7. The van der Waals surface area contributed by atoms with Crippen LogP contribution in [-0.2, 0) is 6.54 Å². The van der Waals surface area contributed by atoms with Crippen molar-refractivity contribution in [2.24, 2.45) is 0 Å². The van der Waals surface area contributed by atoms with E-state index in [-0.39, 0.29) is 5.91 Å². The summed E-state index contributed by atoms with van der Waals surface area (Å²) >= 11 is 3.13. The molecule has 142 valence electrons. The number of thioether (sulfide) groups is 1. The number of hydrogen-bond acceptors (Lipinski definition) is 8. The normalized spacial score (nSPS) is 11.0. The monoisotopic (exact) mass is 411 g/mol. The van der Waals surface area contributed by atoms with Gasteiger partial charge in [-0.15, -0.1) is 10.2 Å². The molecule has 0 aliphatic heterocycles. The zero-order chi connectivity index (χ0) is 19.3. The lowest BCUT2D eigenvalue weighted by Crippen LogP contribution is -2.25. The van der Waals surface area contributed by atoms with E-state index in [0.717, 1.165) is 26.4 Å². The zero-order valence-electron chi connectivity index (χ0n) is 15.1. The van der Waals surface area contributed by atoms with Gasteiger partial charge in [0, 0.05) is 24.7 Å². The van der Waals surface area contributed by atoms with E-state index in [1.165, 1.54) is 0 Å². The number of carbonyl (C=O) groups is 1. The standard InChI is InChI=1S/C18H17N7OS2/c1-12-23-24-18(28-12)27-7-6-20-17(26)13-8-15-16(21-9-13)25(11-22-15)10-14-4-2-3-5-19-14/h2-5,8-9,11H,6-7,10H2,1H3,(H,20,26). The lowest BCUT2D eigenvalue weighted by molar-refractivity contribution is 0.0956. The van der Waals surface area contributed by atoms with Crippen LogP contribution in [0.2, 0.25) is 0 Å². The van der Waals surface area contributed by atoms with Gasteiger partial charge in [-0.05, 0) is 25.1 Å². The molecule has 1 N–H and O–H groups in total. The first-order valence-electron chi connectivity index (χ1n) is 8.61. The molecule has 0 unspecified atom stereocenters. The number of rotatable bonds is 7. The number of carbonyl (C=O) groups excluding carboxylic acids is 1. The Bertz CT molecular complexity index is 1090. The van der Waals surface area contributed by atoms with Crippen molar-refractivity contribution in [2.45, 2.75) is 17.8 Å². The average molecular weight is 412 g/mol. The molecule has 0 spiro atoms. The fraction of sp³-hybridized carbons (Fsp3) is 0.222. The van der Waals surface area contributed by atoms with Crippen LogP contribution in [0.25, 0.3) is 11.2 Å². The van der Waals surface area contributed by atoms with E-state index in [1.807, 2.05) is 29.7 Å². The summed E-state index contributed by atoms with van der Waals surface area (Å²) in [5.41, 5.74) is 2.83. The Labute approximate surface area is 169 Å². The van der Waals surface area contributed by atoms with Crippen molar-refractivity contribution in [3.05, 3.63) is 59.3 Å². The second kappa shape index (κ2) is 8.44. The van der Waals surface area contributed by atoms with Gasteiger partial charge in [-0.25, -0.2) is 9.97 Å². The summed E-state index contributed by atoms with van der Waals surface area (Å²) in [5.74, 6) is 0.567. The molecule has 4 aromatic heterocycles. The first-order valence-corrected chi connectivity index (χ1v) is 10.4. The second-order valence-corrected chi connectivity index (χ2v) is 8.48. The van der Waals surface area contributed by atoms with Gasteiger partial charge in [0.2, 0.25) is 0 Å². The molecule has 1 amide bonds. The zero-order valence-corrected chi connectivity index (χ0v) is 16.7. The largest absolute Gasteiger partial charge is 0.351 e. The lowest BCUT2D eigenvalue weighted by Gasteiger charge is -2.05. The summed E-state index contributed by atoms with van der Waals surface area (Å²) in [6.07, 6.45) is 5.05. The number of amides is 1. The molecule has 0 saturated heterocycles. The summed E-state index contributed by atoms with van der Waals surface area (Å²) in [7, 11) is 0. The number of nitrogens with zero attached hydrogens (tertiary/aromatic N) is 6. The van der Waals surface area contributed by atoms with Crippen molar-refractivity contribution in [3.8, 4) is 0 Å². The van der Waals surface area contributed by atoms with Crippen LogP contribution in [0.1, 0.15) is 21.1 Å². The molecule has 0 saturated carbocycles. The van der Waals surface area contributed by atoms with Crippen molar-refractivity contribution in [3.63, 3.8) is 0 Å². The highest BCUT2D eigenvalue weighted by Gasteiger charge is 2.11. The predicted molar refractivity (Wildman–Crippen MR) is 109 cm³/mol. The maximum atomic E-state index is 12.4. The van der Waals surface area contributed by atoms with E-state index in [4.69, 9.17) is 0 Å². The lowest BCUT2D eigenvalue weighted by atomic mass is 10.2. The maximum absolute atomic E-state index is 12.4. The molecule has 4 heterocycles. The molecule has 4 aromatic rings. The minimum absolute atomic E-state index is 0.164. The topological polar surface area (TPSA) is 98.5 Å². The molecule has 0 aliphatic carbocycles. The van der Waals surface area contributed by atoms with Crippen LogP contribution >= 0.6 is 23.1 Å². The minimum Gasteiger partial charge on any atom is -0.351 e. The second-order valence-electron chi connectivity index (χ2n) is 5.95. The molecule has 0 atom stereocenters. The van der Waals surface area contributed by atoms with Gasteiger partial charge < -0.3 is 9.88 Å². The van der Waals surface area contributed by atoms with Gasteiger partial charge in [-0.3, -0.25) is 9.78 Å². The molecule has 4 rings (SSSR count). The van der Waals surface area contributed by atoms with Gasteiger partial charge in [0.05, 0.1) is 24.1 Å². The first kappa shape index (κ1) is 18.5. The Morgan fingerprint density at radius 1 is 1.25 bits per heavy atom. The van der Waals surface area contributed by atoms with Crippen molar-refractivity contribution in [2.75, 3.05) is 12.3 Å². The molecule has 8 nitrogen and oxygen atoms in total. The number of aromatic nitrogens is 6. The average Bonchev–Trinajstić information content (AvgIpc) is 3.31. The Balaban J connectivity index is 1.36. The third kappa shape index (κ3) is 4.34. The van der Waals surface area contributed by atoms with Crippen molar-refractivity contribution in [1.29, 1.82) is 0 Å². The van der Waals surface area contributed by atoms with Crippen molar-refractivity contribution in [1.82, 2.24) is 35.0 Å². The van der Waals surface area contributed by atoms with Gasteiger partial charge in [0.1, 0.15) is 10.5 Å². The van der Waals surface area contributed by atoms with Gasteiger partial charge in [-0.2, -0.15) is 0 Å². The van der Waals surface area contributed by atoms with E-state index >= 15 is 0 Å². The van der Waals surface area contributed by atoms with Gasteiger partial charge in [-0.1, -0.05) is 29.2 Å². The molecule has 0 radical (unpaired) electrons. The Kier molecular flexibility index (Phi) is 5.58. The van der Waals surface area contributed by atoms with Crippen LogP contribution in [0.5, 0.6) is 0 Å².